The number of hydrogen-bond donors (Lipinski definition) is 3. The van der Waals surface area contributed by atoms with Crippen LogP contribution in [0.15, 0.2) is 0 Å². The van der Waals surface area contributed by atoms with Crippen molar-refractivity contribution in [3.8, 4) is 0 Å². The van der Waals surface area contributed by atoms with Gasteiger partial charge in [0, 0.05) is 6.54 Å². The van der Waals surface area contributed by atoms with Gasteiger partial charge in [-0.15, -0.1) is 0 Å². The molecule has 78 valence electrons. The summed E-state index contributed by atoms with van der Waals surface area (Å²) >= 11 is 0. The van der Waals surface area contributed by atoms with Gasteiger partial charge in [0.15, 0.2) is 0 Å². The second-order valence-corrected chi connectivity index (χ2v) is 5.04. The molecule has 0 spiro atoms. The van der Waals surface area contributed by atoms with Crippen LogP contribution in [0.2, 0.25) is 0 Å². The van der Waals surface area contributed by atoms with E-state index in [0.717, 1.165) is 0 Å². The van der Waals surface area contributed by atoms with Gasteiger partial charge in [0.25, 0.3) is 0 Å². The highest BCUT2D eigenvalue weighted by Crippen LogP contribution is 2.02. The summed E-state index contributed by atoms with van der Waals surface area (Å²) in [5, 5.41) is 0. The smallest absolute Gasteiger partial charge is 0.238 e. The van der Waals surface area contributed by atoms with Crippen LogP contribution in [-0.4, -0.2) is 32.2 Å². The van der Waals surface area contributed by atoms with E-state index in [4.69, 9.17) is 11.5 Å². The molecule has 0 unspecified atom stereocenters. The molecule has 0 aromatic heterocycles. The average molecular weight is 209 g/mol. The summed E-state index contributed by atoms with van der Waals surface area (Å²) in [5.74, 6) is -0.947. The minimum atomic E-state index is -3.51. The van der Waals surface area contributed by atoms with Crippen molar-refractivity contribution < 1.29 is 13.2 Å². The largest absolute Gasteiger partial charge is 0.368 e. The van der Waals surface area contributed by atoms with Gasteiger partial charge in [-0.1, -0.05) is 0 Å². The van der Waals surface area contributed by atoms with Gasteiger partial charge in [-0.2, -0.15) is 0 Å². The Balaban J connectivity index is 4.53. The van der Waals surface area contributed by atoms with E-state index in [0.29, 0.717) is 0 Å². The molecule has 6 nitrogen and oxygen atoms in total. The molecule has 0 aliphatic heterocycles. The fourth-order valence-corrected chi connectivity index (χ4v) is 1.94. The van der Waals surface area contributed by atoms with E-state index < -0.39 is 21.5 Å². The van der Waals surface area contributed by atoms with Gasteiger partial charge in [-0.3, -0.25) is 4.79 Å². The Bertz CT molecular complexity index is 283. The Morgan fingerprint density at radius 2 is 1.92 bits per heavy atom. The van der Waals surface area contributed by atoms with Crippen molar-refractivity contribution in [2.45, 2.75) is 19.4 Å². The fraction of sp³-hybridized carbons (Fsp3) is 0.833. The third kappa shape index (κ3) is 4.20. The van der Waals surface area contributed by atoms with Crippen LogP contribution in [0.4, 0.5) is 0 Å². The number of carbonyl (C=O) groups excluding carboxylic acids is 1. The lowest BCUT2D eigenvalue weighted by Crippen LogP contribution is -2.53. The number of nitrogens with one attached hydrogen (secondary N) is 1. The van der Waals surface area contributed by atoms with Gasteiger partial charge in [0.2, 0.25) is 15.9 Å². The van der Waals surface area contributed by atoms with Crippen LogP contribution >= 0.6 is 0 Å². The highest BCUT2D eigenvalue weighted by atomic mass is 32.2. The first-order valence-electron chi connectivity index (χ1n) is 3.73. The van der Waals surface area contributed by atoms with Gasteiger partial charge >= 0.3 is 0 Å². The number of primary amides is 1. The highest BCUT2D eigenvalue weighted by molar-refractivity contribution is 7.89. The van der Waals surface area contributed by atoms with Crippen LogP contribution in [0.3, 0.4) is 0 Å². The molecule has 0 atom stereocenters. The zero-order valence-electron chi connectivity index (χ0n) is 7.70. The van der Waals surface area contributed by atoms with E-state index in [1.807, 2.05) is 0 Å². The molecule has 0 fully saturated rings. The molecule has 0 heterocycles. The molecule has 13 heavy (non-hydrogen) atoms. The third-order valence-corrected chi connectivity index (χ3v) is 3.01. The zero-order chi connectivity index (χ0) is 10.7. The Labute approximate surface area is 77.7 Å². The van der Waals surface area contributed by atoms with E-state index in [9.17, 15) is 13.2 Å². The molecule has 1 amide bonds. The van der Waals surface area contributed by atoms with Crippen LogP contribution in [0.25, 0.3) is 0 Å². The standard InChI is InChI=1S/C6H15N3O3S/c1-6(2,5(8)10)9-13(11,12)4-3-7/h9H,3-4,7H2,1-2H3,(H2,8,10). The summed E-state index contributed by atoms with van der Waals surface area (Å²) in [6.07, 6.45) is 0. The van der Waals surface area contributed by atoms with Crippen molar-refractivity contribution in [2.75, 3.05) is 12.3 Å². The van der Waals surface area contributed by atoms with Crippen LogP contribution < -0.4 is 16.2 Å². The van der Waals surface area contributed by atoms with Gasteiger partial charge in [-0.25, -0.2) is 13.1 Å². The van der Waals surface area contributed by atoms with Crippen molar-refractivity contribution in [2.24, 2.45) is 11.5 Å². The normalized spacial score (nSPS) is 12.8. The van der Waals surface area contributed by atoms with E-state index in [2.05, 4.69) is 4.72 Å². The third-order valence-electron chi connectivity index (χ3n) is 1.41. The molecule has 5 N–H and O–H groups in total. The molecule has 0 saturated heterocycles. The lowest BCUT2D eigenvalue weighted by Gasteiger charge is -2.21. The molecule has 0 saturated carbocycles. The van der Waals surface area contributed by atoms with Crippen molar-refractivity contribution in [1.29, 1.82) is 0 Å². The van der Waals surface area contributed by atoms with Crippen LogP contribution in [0.1, 0.15) is 13.8 Å². The van der Waals surface area contributed by atoms with Gasteiger partial charge < -0.3 is 11.5 Å². The second kappa shape index (κ2) is 4.03. The van der Waals surface area contributed by atoms with Crippen molar-refractivity contribution in [3.05, 3.63) is 0 Å². The predicted octanol–water partition coefficient (Wildman–Crippen LogP) is -1.87. The van der Waals surface area contributed by atoms with Gasteiger partial charge in [0.05, 0.1) is 5.75 Å². The number of carbonyl (C=O) groups is 1. The average Bonchev–Trinajstić information content (AvgIpc) is 1.83. The van der Waals surface area contributed by atoms with Gasteiger partial charge in [-0.05, 0) is 13.8 Å². The molecule has 7 heteroatoms. The Morgan fingerprint density at radius 3 is 2.23 bits per heavy atom. The first-order chi connectivity index (χ1) is 5.71. The molecular formula is C6H15N3O3S. The van der Waals surface area contributed by atoms with Gasteiger partial charge in [0.1, 0.15) is 5.54 Å². The van der Waals surface area contributed by atoms with E-state index >= 15 is 0 Å². The summed E-state index contributed by atoms with van der Waals surface area (Å²) in [7, 11) is -3.51. The predicted molar refractivity (Wildman–Crippen MR) is 49.3 cm³/mol. The summed E-state index contributed by atoms with van der Waals surface area (Å²) in [5.41, 5.74) is 8.78. The van der Waals surface area contributed by atoms with Crippen molar-refractivity contribution >= 4 is 15.9 Å². The highest BCUT2D eigenvalue weighted by Gasteiger charge is 2.29. The fourth-order valence-electron chi connectivity index (χ4n) is 0.645. The summed E-state index contributed by atoms with van der Waals surface area (Å²) < 4.78 is 24.5. The van der Waals surface area contributed by atoms with Crippen molar-refractivity contribution in [1.82, 2.24) is 4.72 Å². The van der Waals surface area contributed by atoms with Crippen LogP contribution in [0, 0.1) is 0 Å². The maximum Gasteiger partial charge on any atom is 0.238 e. The molecule has 0 radical (unpaired) electrons. The maximum atomic E-state index is 11.2. The lowest BCUT2D eigenvalue weighted by molar-refractivity contribution is -0.122. The summed E-state index contributed by atoms with van der Waals surface area (Å²) in [4.78, 5) is 10.8. The number of nitrogens with two attached hydrogens (primary N) is 2. The molecule has 0 bridgehead atoms. The van der Waals surface area contributed by atoms with E-state index in [1.165, 1.54) is 13.8 Å². The number of sulfonamides is 1. The van der Waals surface area contributed by atoms with Crippen molar-refractivity contribution in [3.63, 3.8) is 0 Å². The Hall–Kier alpha value is -0.660. The SMILES string of the molecule is CC(C)(NS(=O)(=O)CCN)C(N)=O. The lowest BCUT2D eigenvalue weighted by atomic mass is 10.1. The molecule has 0 aliphatic carbocycles. The number of rotatable bonds is 5. The van der Waals surface area contributed by atoms with E-state index in [-0.39, 0.29) is 12.3 Å². The minimum Gasteiger partial charge on any atom is -0.368 e. The molecular weight excluding hydrogens is 194 g/mol. The summed E-state index contributed by atoms with van der Waals surface area (Å²) in [6, 6.07) is 0. The Kier molecular flexibility index (Phi) is 3.83. The van der Waals surface area contributed by atoms with E-state index in [1.54, 1.807) is 0 Å². The van der Waals surface area contributed by atoms with Crippen LogP contribution in [-0.2, 0) is 14.8 Å². The maximum absolute atomic E-state index is 11.2. The monoisotopic (exact) mass is 209 g/mol. The molecule has 0 aromatic carbocycles. The first kappa shape index (κ1) is 12.3. The number of hydrogen-bond acceptors (Lipinski definition) is 4. The topological polar surface area (TPSA) is 115 Å². The first-order valence-corrected chi connectivity index (χ1v) is 5.38. The quantitative estimate of drug-likeness (QED) is 0.492. The molecule has 0 rings (SSSR count). The summed E-state index contributed by atoms with van der Waals surface area (Å²) in [6.45, 7) is 2.79. The number of amides is 1. The molecule has 0 aromatic rings. The second-order valence-electron chi connectivity index (χ2n) is 3.20. The Morgan fingerprint density at radius 1 is 1.46 bits per heavy atom. The minimum absolute atomic E-state index is 0.00414. The molecule has 0 aliphatic rings. The van der Waals surface area contributed by atoms with Crippen LogP contribution in [0.5, 0.6) is 0 Å². The zero-order valence-corrected chi connectivity index (χ0v) is 8.52.